The van der Waals surface area contributed by atoms with Crippen molar-refractivity contribution in [3.8, 4) is 16.9 Å². The minimum Gasteiger partial charge on any atom is -0.508 e. The molecule has 1 fully saturated rings. The van der Waals surface area contributed by atoms with E-state index in [-0.39, 0.29) is 11.3 Å². The molecule has 180 valence electrons. The largest absolute Gasteiger partial charge is 0.508 e. The van der Waals surface area contributed by atoms with Gasteiger partial charge < -0.3 is 31.3 Å². The molecule has 1 saturated carbocycles. The van der Waals surface area contributed by atoms with E-state index in [1.54, 1.807) is 13.0 Å². The van der Waals surface area contributed by atoms with Crippen LogP contribution in [0.1, 0.15) is 30.4 Å². The van der Waals surface area contributed by atoms with Crippen LogP contribution in [-0.2, 0) is 14.4 Å². The first-order valence-electron chi connectivity index (χ1n) is 11.1. The molecule has 1 amide bonds. The summed E-state index contributed by atoms with van der Waals surface area (Å²) in [5.74, 6) is -8.75. The van der Waals surface area contributed by atoms with E-state index in [0.29, 0.717) is 11.1 Å². The zero-order valence-electron chi connectivity index (χ0n) is 18.6. The number of phenolic OH excluding ortho intramolecular Hbond substituents is 1. The average molecular weight is 477 g/mol. The number of phenols is 1. The molecule has 0 spiro atoms. The summed E-state index contributed by atoms with van der Waals surface area (Å²) in [6, 6.07) is 12.4. The fraction of sp³-hybridized carbons (Fsp3) is 0.269. The Morgan fingerprint density at radius 3 is 2.34 bits per heavy atom. The van der Waals surface area contributed by atoms with Gasteiger partial charge in [0.25, 0.3) is 5.91 Å². The molecule has 3 aliphatic carbocycles. The van der Waals surface area contributed by atoms with Crippen LogP contribution >= 0.6 is 0 Å². The zero-order valence-corrected chi connectivity index (χ0v) is 18.6. The third kappa shape index (κ3) is 2.92. The minimum absolute atomic E-state index is 0.0310. The van der Waals surface area contributed by atoms with E-state index < -0.39 is 76.0 Å². The number of primary amides is 1. The standard InChI is InChI=1S/C26H23NO8/c1-10-13-7-12(11-5-3-2-4-6-11)8-15(28)18(13)22(31)20-17(10)21(30)14-9-16(29)19(25(27)34)23(32)26(14,35)24(20)33/h2-8,10,14,17,21,28,30-32,35H,9H2,1H3,(H2,27,34)/t10-,14?,17?,21+,26+/m0/s1. The van der Waals surface area contributed by atoms with Gasteiger partial charge in [0.2, 0.25) is 5.78 Å². The lowest BCUT2D eigenvalue weighted by molar-refractivity contribution is -0.160. The fourth-order valence-corrected chi connectivity index (χ4v) is 5.83. The average Bonchev–Trinajstić information content (AvgIpc) is 2.81. The Labute approximate surface area is 199 Å². The number of hydrogen-bond donors (Lipinski definition) is 6. The maximum atomic E-state index is 13.6. The lowest BCUT2D eigenvalue weighted by Gasteiger charge is -2.50. The molecule has 9 heteroatoms. The Morgan fingerprint density at radius 2 is 1.71 bits per heavy atom. The fourth-order valence-electron chi connectivity index (χ4n) is 5.83. The van der Waals surface area contributed by atoms with E-state index in [9.17, 15) is 39.9 Å². The van der Waals surface area contributed by atoms with Gasteiger partial charge in [0, 0.05) is 23.8 Å². The molecule has 0 aliphatic heterocycles. The second kappa shape index (κ2) is 7.53. The zero-order chi connectivity index (χ0) is 25.4. The van der Waals surface area contributed by atoms with Crippen molar-refractivity contribution in [3.63, 3.8) is 0 Å². The highest BCUT2D eigenvalue weighted by atomic mass is 16.4. The SMILES string of the molecule is C[C@H]1c2cc(-c3ccccc3)cc(O)c2C(O)=C2C(=O)[C@]3(O)C(O)=C(C(N)=O)C(=O)CC3[C@@H](O)C21. The molecule has 0 bridgehead atoms. The van der Waals surface area contributed by atoms with Crippen molar-refractivity contribution in [2.75, 3.05) is 0 Å². The number of carbonyl (C=O) groups excluding carboxylic acids is 3. The summed E-state index contributed by atoms with van der Waals surface area (Å²) in [5.41, 5.74) is 2.91. The van der Waals surface area contributed by atoms with E-state index in [1.807, 2.05) is 30.3 Å². The monoisotopic (exact) mass is 477 g/mol. The molecule has 0 radical (unpaired) electrons. The molecule has 0 saturated heterocycles. The van der Waals surface area contributed by atoms with Crippen molar-refractivity contribution in [1.82, 2.24) is 0 Å². The lowest BCUT2D eigenvalue weighted by atomic mass is 9.55. The number of Topliss-reactive ketones (excluding diaryl/α,β-unsaturated/α-hetero) is 2. The maximum Gasteiger partial charge on any atom is 0.255 e. The van der Waals surface area contributed by atoms with Gasteiger partial charge in [-0.1, -0.05) is 37.3 Å². The highest BCUT2D eigenvalue weighted by Crippen LogP contribution is 2.56. The van der Waals surface area contributed by atoms with Crippen molar-refractivity contribution in [3.05, 3.63) is 70.5 Å². The number of aliphatic hydroxyl groups excluding tert-OH is 3. The number of benzene rings is 2. The number of hydrogen-bond acceptors (Lipinski definition) is 8. The first-order chi connectivity index (χ1) is 16.5. The molecule has 0 aromatic heterocycles. The number of rotatable bonds is 2. The quantitative estimate of drug-likeness (QED) is 0.353. The van der Waals surface area contributed by atoms with Crippen molar-refractivity contribution in [1.29, 1.82) is 0 Å². The number of fused-ring (bicyclic) bond motifs is 3. The molecule has 7 N–H and O–H groups in total. The predicted molar refractivity (Wildman–Crippen MR) is 123 cm³/mol. The van der Waals surface area contributed by atoms with Crippen molar-refractivity contribution in [2.45, 2.75) is 31.0 Å². The number of amides is 1. The normalized spacial score (nSPS) is 30.0. The van der Waals surface area contributed by atoms with Gasteiger partial charge in [-0.25, -0.2) is 0 Å². The van der Waals surface area contributed by atoms with Crippen molar-refractivity contribution >= 4 is 23.2 Å². The Hall–Kier alpha value is -3.95. The Morgan fingerprint density at radius 1 is 1.06 bits per heavy atom. The third-order valence-corrected chi connectivity index (χ3v) is 7.55. The molecular formula is C26H23NO8. The second-order valence-corrected chi connectivity index (χ2v) is 9.31. The van der Waals surface area contributed by atoms with Gasteiger partial charge in [0.15, 0.2) is 11.4 Å². The van der Waals surface area contributed by atoms with E-state index in [4.69, 9.17) is 5.73 Å². The van der Waals surface area contributed by atoms with Gasteiger partial charge in [-0.2, -0.15) is 0 Å². The number of aliphatic hydroxyl groups is 4. The number of carbonyl (C=O) groups is 3. The summed E-state index contributed by atoms with van der Waals surface area (Å²) in [7, 11) is 0. The summed E-state index contributed by atoms with van der Waals surface area (Å²) >= 11 is 0. The van der Waals surface area contributed by atoms with E-state index in [2.05, 4.69) is 0 Å². The van der Waals surface area contributed by atoms with Gasteiger partial charge in [0.05, 0.1) is 11.7 Å². The number of ketones is 2. The van der Waals surface area contributed by atoms with E-state index in [1.165, 1.54) is 6.07 Å². The van der Waals surface area contributed by atoms with Crippen molar-refractivity contribution < 1.29 is 39.9 Å². The Kier molecular flexibility index (Phi) is 4.91. The molecule has 5 rings (SSSR count). The molecule has 9 nitrogen and oxygen atoms in total. The van der Waals surface area contributed by atoms with Crippen LogP contribution in [0.4, 0.5) is 0 Å². The van der Waals surface area contributed by atoms with E-state index >= 15 is 0 Å². The Bertz CT molecular complexity index is 1380. The lowest BCUT2D eigenvalue weighted by Crippen LogP contribution is -2.63. The first-order valence-corrected chi connectivity index (χ1v) is 11.1. The van der Waals surface area contributed by atoms with Crippen LogP contribution < -0.4 is 5.73 Å². The second-order valence-electron chi connectivity index (χ2n) is 9.31. The van der Waals surface area contributed by atoms with Crippen LogP contribution in [0.15, 0.2) is 59.4 Å². The summed E-state index contributed by atoms with van der Waals surface area (Å²) in [6.07, 6.45) is -2.16. The van der Waals surface area contributed by atoms with E-state index in [0.717, 1.165) is 5.56 Å². The molecule has 0 heterocycles. The Balaban J connectivity index is 1.74. The van der Waals surface area contributed by atoms with Gasteiger partial charge in [-0.05, 0) is 34.7 Å². The summed E-state index contributed by atoms with van der Waals surface area (Å²) < 4.78 is 0. The van der Waals surface area contributed by atoms with Crippen LogP contribution in [0.5, 0.6) is 5.75 Å². The van der Waals surface area contributed by atoms with Crippen LogP contribution in [0.2, 0.25) is 0 Å². The van der Waals surface area contributed by atoms with Crippen LogP contribution in [-0.4, -0.2) is 54.7 Å². The van der Waals surface area contributed by atoms with Crippen LogP contribution in [0.25, 0.3) is 16.9 Å². The van der Waals surface area contributed by atoms with Gasteiger partial charge in [-0.15, -0.1) is 0 Å². The third-order valence-electron chi connectivity index (χ3n) is 7.55. The molecule has 35 heavy (non-hydrogen) atoms. The first kappa shape index (κ1) is 22.8. The summed E-state index contributed by atoms with van der Waals surface area (Å²) in [5, 5.41) is 55.2. The molecule has 5 atom stereocenters. The van der Waals surface area contributed by atoms with Crippen LogP contribution in [0, 0.1) is 11.8 Å². The van der Waals surface area contributed by atoms with Crippen molar-refractivity contribution in [2.24, 2.45) is 17.6 Å². The van der Waals surface area contributed by atoms with Crippen LogP contribution in [0.3, 0.4) is 0 Å². The maximum absolute atomic E-state index is 13.6. The highest BCUT2D eigenvalue weighted by molar-refractivity contribution is 6.23. The predicted octanol–water partition coefficient (Wildman–Crippen LogP) is 1.62. The minimum atomic E-state index is -2.84. The summed E-state index contributed by atoms with van der Waals surface area (Å²) in [4.78, 5) is 37.8. The topological polar surface area (TPSA) is 178 Å². The molecule has 2 unspecified atom stereocenters. The molecule has 2 aromatic rings. The summed E-state index contributed by atoms with van der Waals surface area (Å²) in [6.45, 7) is 1.69. The molecule has 3 aliphatic rings. The number of aromatic hydroxyl groups is 1. The number of nitrogens with two attached hydrogens (primary N) is 1. The van der Waals surface area contributed by atoms with Gasteiger partial charge >= 0.3 is 0 Å². The molecular weight excluding hydrogens is 454 g/mol. The smallest absolute Gasteiger partial charge is 0.255 e. The van der Waals surface area contributed by atoms with Gasteiger partial charge in [0.1, 0.15) is 22.8 Å². The molecule has 2 aromatic carbocycles. The van der Waals surface area contributed by atoms with Gasteiger partial charge in [-0.3, -0.25) is 14.4 Å². The highest BCUT2D eigenvalue weighted by Gasteiger charge is 2.64.